The van der Waals surface area contributed by atoms with E-state index in [4.69, 9.17) is 4.74 Å². The molecule has 3 N–H and O–H groups in total. The fourth-order valence-corrected chi connectivity index (χ4v) is 11.6. The van der Waals surface area contributed by atoms with Crippen molar-refractivity contribution in [1.82, 2.24) is 5.32 Å². The molecule has 0 saturated carbocycles. The van der Waals surface area contributed by atoms with Crippen molar-refractivity contribution in [3.8, 4) is 0 Å². The van der Waals surface area contributed by atoms with E-state index in [-0.39, 0.29) is 18.5 Å². The number of aliphatic hydroxyl groups excluding tert-OH is 2. The second-order valence-corrected chi connectivity index (χ2v) is 24.9. The molecule has 0 aliphatic rings. The molecule has 0 fully saturated rings. The van der Waals surface area contributed by atoms with Crippen molar-refractivity contribution in [2.24, 2.45) is 0 Å². The van der Waals surface area contributed by atoms with Crippen molar-refractivity contribution in [3.05, 3.63) is 12.2 Å². The predicted octanol–water partition coefficient (Wildman–Crippen LogP) is 23.1. The third-order valence-corrected chi connectivity index (χ3v) is 17.1. The van der Waals surface area contributed by atoms with E-state index in [1.54, 1.807) is 6.08 Å². The number of ether oxygens (including phenoxy) is 1. The maximum Gasteiger partial charge on any atom is 0.305 e. The van der Waals surface area contributed by atoms with Crippen molar-refractivity contribution in [2.45, 2.75) is 424 Å². The lowest BCUT2D eigenvalue weighted by atomic mass is 10.0. The van der Waals surface area contributed by atoms with Crippen LogP contribution in [0.15, 0.2) is 12.2 Å². The van der Waals surface area contributed by atoms with E-state index in [0.29, 0.717) is 19.4 Å². The minimum absolute atomic E-state index is 0.0261. The first-order valence-corrected chi connectivity index (χ1v) is 36.0. The molecule has 6 heteroatoms. The predicted molar refractivity (Wildman–Crippen MR) is 343 cm³/mol. The first kappa shape index (κ1) is 76.6. The number of aliphatic hydroxyl groups is 2. The van der Waals surface area contributed by atoms with E-state index in [9.17, 15) is 19.8 Å². The Kier molecular flexibility index (Phi) is 66.9. The number of rotatable bonds is 68. The standard InChI is InChI=1S/C72H141NO5/c1-3-5-7-9-11-13-15-16-17-18-32-36-39-42-46-50-54-58-62-66-72(77)78-67-63-59-55-51-47-43-40-37-34-31-29-27-25-23-21-19-20-22-24-26-28-30-33-35-38-41-45-49-53-57-61-65-71(76)73-69(68-74)70(75)64-60-56-52-48-44-14-12-10-8-6-4-2/h60,64,69-70,74-75H,3-59,61-63,65-68H2,1-2H3,(H,73,76)/b64-60+. The molecule has 78 heavy (non-hydrogen) atoms. The number of hydrogen-bond donors (Lipinski definition) is 3. The SMILES string of the molecule is CCCCCCCCCCC/C=C/C(O)C(CO)NC(=O)CCCCCCCCCCCCCCCCCCCCCCCCCCCCCCCCCOC(=O)CCCCCCCCCCCCCCCCCCCCC. The average Bonchev–Trinajstić information content (AvgIpc) is 3.44. The van der Waals surface area contributed by atoms with Crippen LogP contribution in [0.25, 0.3) is 0 Å². The van der Waals surface area contributed by atoms with Gasteiger partial charge in [0.1, 0.15) is 0 Å². The van der Waals surface area contributed by atoms with Crippen molar-refractivity contribution >= 4 is 11.9 Å². The summed E-state index contributed by atoms with van der Waals surface area (Å²) in [5, 5.41) is 23.1. The van der Waals surface area contributed by atoms with Crippen LogP contribution in [-0.2, 0) is 14.3 Å². The van der Waals surface area contributed by atoms with Gasteiger partial charge in [0.15, 0.2) is 0 Å². The summed E-state index contributed by atoms with van der Waals surface area (Å²) in [6.07, 6.45) is 84.6. The maximum atomic E-state index is 12.4. The molecule has 1 amide bonds. The summed E-state index contributed by atoms with van der Waals surface area (Å²) in [5.74, 6) is -0.0368. The fraction of sp³-hybridized carbons (Fsp3) is 0.944. The van der Waals surface area contributed by atoms with Gasteiger partial charge < -0.3 is 20.3 Å². The summed E-state index contributed by atoms with van der Waals surface area (Å²) in [4.78, 5) is 24.6. The highest BCUT2D eigenvalue weighted by Crippen LogP contribution is 2.19. The highest BCUT2D eigenvalue weighted by atomic mass is 16.5. The number of hydrogen-bond acceptors (Lipinski definition) is 5. The molecule has 0 heterocycles. The first-order chi connectivity index (χ1) is 38.5. The van der Waals surface area contributed by atoms with Crippen LogP contribution in [0.1, 0.15) is 412 Å². The van der Waals surface area contributed by atoms with Gasteiger partial charge in [-0.05, 0) is 32.1 Å². The Morgan fingerprint density at radius 1 is 0.346 bits per heavy atom. The van der Waals surface area contributed by atoms with Crippen LogP contribution in [-0.4, -0.2) is 47.4 Å². The number of carbonyl (C=O) groups is 2. The zero-order valence-electron chi connectivity index (χ0n) is 53.2. The smallest absolute Gasteiger partial charge is 0.305 e. The van der Waals surface area contributed by atoms with E-state index in [2.05, 4.69) is 19.2 Å². The molecule has 0 aromatic rings. The van der Waals surface area contributed by atoms with Crippen molar-refractivity contribution in [3.63, 3.8) is 0 Å². The lowest BCUT2D eigenvalue weighted by molar-refractivity contribution is -0.143. The minimum atomic E-state index is -0.839. The minimum Gasteiger partial charge on any atom is -0.466 e. The van der Waals surface area contributed by atoms with E-state index in [1.165, 1.54) is 347 Å². The first-order valence-electron chi connectivity index (χ1n) is 36.0. The van der Waals surface area contributed by atoms with Crippen LogP contribution in [0.2, 0.25) is 0 Å². The van der Waals surface area contributed by atoms with E-state index in [1.807, 2.05) is 6.08 Å². The molecule has 0 spiro atoms. The third kappa shape index (κ3) is 63.8. The Labute approximate surface area is 489 Å². The van der Waals surface area contributed by atoms with Crippen LogP contribution in [0, 0.1) is 0 Å². The molecule has 6 nitrogen and oxygen atoms in total. The number of esters is 1. The van der Waals surface area contributed by atoms with E-state index >= 15 is 0 Å². The largest absolute Gasteiger partial charge is 0.466 e. The van der Waals surface area contributed by atoms with Crippen molar-refractivity contribution < 1.29 is 24.5 Å². The Balaban J connectivity index is 3.29. The van der Waals surface area contributed by atoms with Gasteiger partial charge in [-0.1, -0.05) is 379 Å². The lowest BCUT2D eigenvalue weighted by Gasteiger charge is -2.20. The quantitative estimate of drug-likeness (QED) is 0.0320. The molecular formula is C72H141NO5. The summed E-state index contributed by atoms with van der Waals surface area (Å²) in [5.41, 5.74) is 0. The van der Waals surface area contributed by atoms with Gasteiger partial charge in [-0.3, -0.25) is 9.59 Å². The van der Waals surface area contributed by atoms with Crippen LogP contribution < -0.4 is 5.32 Å². The third-order valence-electron chi connectivity index (χ3n) is 17.1. The Morgan fingerprint density at radius 3 is 0.872 bits per heavy atom. The van der Waals surface area contributed by atoms with Gasteiger partial charge in [0.25, 0.3) is 0 Å². The van der Waals surface area contributed by atoms with Crippen molar-refractivity contribution in [1.29, 1.82) is 0 Å². The molecule has 2 atom stereocenters. The Morgan fingerprint density at radius 2 is 0.590 bits per heavy atom. The van der Waals surface area contributed by atoms with Crippen molar-refractivity contribution in [2.75, 3.05) is 13.2 Å². The number of allylic oxidation sites excluding steroid dienone is 1. The van der Waals surface area contributed by atoms with Gasteiger partial charge in [-0.2, -0.15) is 0 Å². The second-order valence-electron chi connectivity index (χ2n) is 24.9. The highest BCUT2D eigenvalue weighted by Gasteiger charge is 2.18. The second kappa shape index (κ2) is 68.1. The molecule has 0 bridgehead atoms. The summed E-state index contributed by atoms with van der Waals surface area (Å²) in [6.45, 7) is 4.94. The number of amides is 1. The van der Waals surface area contributed by atoms with Gasteiger partial charge in [-0.15, -0.1) is 0 Å². The molecule has 0 saturated heterocycles. The zero-order chi connectivity index (χ0) is 56.4. The summed E-state index contributed by atoms with van der Waals surface area (Å²) < 4.78 is 5.52. The van der Waals surface area contributed by atoms with Gasteiger partial charge in [-0.25, -0.2) is 0 Å². The molecule has 464 valence electrons. The molecular weight excluding hydrogens is 959 g/mol. The Bertz CT molecular complexity index is 1180. The summed E-state index contributed by atoms with van der Waals surface area (Å²) in [6, 6.07) is -0.622. The highest BCUT2D eigenvalue weighted by molar-refractivity contribution is 5.76. The number of unbranched alkanes of at least 4 members (excludes halogenated alkanes) is 57. The monoisotopic (exact) mass is 1100 g/mol. The van der Waals surface area contributed by atoms with Gasteiger partial charge >= 0.3 is 5.97 Å². The van der Waals surface area contributed by atoms with E-state index < -0.39 is 12.1 Å². The van der Waals surface area contributed by atoms with Crippen LogP contribution in [0.4, 0.5) is 0 Å². The molecule has 0 aromatic heterocycles. The molecule has 0 rings (SSSR count). The van der Waals surface area contributed by atoms with Crippen LogP contribution in [0.5, 0.6) is 0 Å². The van der Waals surface area contributed by atoms with Crippen LogP contribution >= 0.6 is 0 Å². The van der Waals surface area contributed by atoms with Gasteiger partial charge in [0.2, 0.25) is 5.91 Å². The molecule has 0 radical (unpaired) electrons. The average molecular weight is 1100 g/mol. The molecule has 0 aliphatic heterocycles. The Hall–Kier alpha value is -1.40. The molecule has 0 aliphatic carbocycles. The van der Waals surface area contributed by atoms with E-state index in [0.717, 1.165) is 38.5 Å². The van der Waals surface area contributed by atoms with Gasteiger partial charge in [0, 0.05) is 12.8 Å². The zero-order valence-corrected chi connectivity index (χ0v) is 53.2. The van der Waals surface area contributed by atoms with Crippen LogP contribution in [0.3, 0.4) is 0 Å². The maximum absolute atomic E-state index is 12.4. The van der Waals surface area contributed by atoms with Gasteiger partial charge in [0.05, 0.1) is 25.4 Å². The summed E-state index contributed by atoms with van der Waals surface area (Å²) in [7, 11) is 0. The normalized spacial score (nSPS) is 12.5. The molecule has 2 unspecified atom stereocenters. The molecule has 0 aromatic carbocycles. The summed E-state index contributed by atoms with van der Waals surface area (Å²) >= 11 is 0. The number of carbonyl (C=O) groups excluding carboxylic acids is 2. The number of nitrogens with one attached hydrogen (secondary N) is 1. The fourth-order valence-electron chi connectivity index (χ4n) is 11.6. The lowest BCUT2D eigenvalue weighted by Crippen LogP contribution is -2.45. The topological polar surface area (TPSA) is 95.9 Å².